The third kappa shape index (κ3) is 3.21. The van der Waals surface area contributed by atoms with E-state index in [0.29, 0.717) is 11.9 Å². The molecule has 20 heavy (non-hydrogen) atoms. The summed E-state index contributed by atoms with van der Waals surface area (Å²) in [5.41, 5.74) is 3.35. The molecule has 0 aromatic carbocycles. The number of rotatable bonds is 5. The number of hydrogen-bond donors (Lipinski definition) is 2. The summed E-state index contributed by atoms with van der Waals surface area (Å²) in [4.78, 5) is 12.4. The van der Waals surface area contributed by atoms with E-state index in [9.17, 15) is 0 Å². The van der Waals surface area contributed by atoms with Gasteiger partial charge in [0.2, 0.25) is 5.95 Å². The first-order chi connectivity index (χ1) is 9.49. The van der Waals surface area contributed by atoms with Gasteiger partial charge in [-0.15, -0.1) is 0 Å². The van der Waals surface area contributed by atoms with E-state index in [4.69, 9.17) is 10.6 Å². The van der Waals surface area contributed by atoms with E-state index in [1.54, 1.807) is 10.9 Å². The average Bonchev–Trinajstić information content (AvgIpc) is 2.87. The molecule has 0 bridgehead atoms. The molecule has 2 rings (SSSR count). The summed E-state index contributed by atoms with van der Waals surface area (Å²) in [5.74, 6) is 6.28. The minimum absolute atomic E-state index is 0.0419. The van der Waals surface area contributed by atoms with Crippen molar-refractivity contribution in [3.05, 3.63) is 18.0 Å². The molecule has 0 saturated carbocycles. The molecule has 0 aliphatic carbocycles. The van der Waals surface area contributed by atoms with Crippen molar-refractivity contribution in [1.29, 1.82) is 0 Å². The Morgan fingerprint density at radius 2 is 1.95 bits per heavy atom. The lowest BCUT2D eigenvalue weighted by Crippen LogP contribution is -2.16. The molecule has 8 nitrogen and oxygen atoms in total. The van der Waals surface area contributed by atoms with Crippen LogP contribution >= 0.6 is 0 Å². The van der Waals surface area contributed by atoms with Crippen molar-refractivity contribution in [1.82, 2.24) is 24.7 Å². The molecule has 0 saturated heterocycles. The molecular formula is C12H19N7O. The zero-order chi connectivity index (χ0) is 14.7. The fraction of sp³-hybridized carbons (Fsp3) is 0.500. The smallest absolute Gasteiger partial charge is 0.323 e. The van der Waals surface area contributed by atoms with Crippen molar-refractivity contribution in [3.63, 3.8) is 0 Å². The Labute approximate surface area is 117 Å². The topological polar surface area (TPSA) is 104 Å². The highest BCUT2D eigenvalue weighted by Gasteiger charge is 2.12. The van der Waals surface area contributed by atoms with E-state index in [2.05, 4.69) is 39.3 Å². The van der Waals surface area contributed by atoms with E-state index in [1.165, 1.54) is 0 Å². The minimum atomic E-state index is -0.0419. The zero-order valence-corrected chi connectivity index (χ0v) is 12.0. The molecule has 0 amide bonds. The number of anilines is 1. The molecule has 0 fully saturated rings. The molecule has 0 spiro atoms. The number of hydrazine groups is 1. The van der Waals surface area contributed by atoms with Crippen LogP contribution in [0.3, 0.4) is 0 Å². The molecule has 0 radical (unpaired) electrons. The highest BCUT2D eigenvalue weighted by atomic mass is 16.5. The van der Waals surface area contributed by atoms with E-state index in [-0.39, 0.29) is 18.1 Å². The van der Waals surface area contributed by atoms with Crippen LogP contribution in [0.25, 0.3) is 5.95 Å². The van der Waals surface area contributed by atoms with E-state index >= 15 is 0 Å². The highest BCUT2D eigenvalue weighted by molar-refractivity contribution is 5.28. The monoisotopic (exact) mass is 277 g/mol. The van der Waals surface area contributed by atoms with Crippen molar-refractivity contribution in [2.75, 3.05) is 5.43 Å². The van der Waals surface area contributed by atoms with Gasteiger partial charge in [-0.2, -0.15) is 20.1 Å². The second kappa shape index (κ2) is 5.83. The van der Waals surface area contributed by atoms with Gasteiger partial charge in [0.1, 0.15) is 0 Å². The average molecular weight is 277 g/mol. The van der Waals surface area contributed by atoms with Gasteiger partial charge in [0.25, 0.3) is 5.95 Å². The van der Waals surface area contributed by atoms with Crippen LogP contribution in [0, 0.1) is 0 Å². The number of nitrogens with two attached hydrogens (primary N) is 1. The van der Waals surface area contributed by atoms with Gasteiger partial charge in [0.15, 0.2) is 0 Å². The van der Waals surface area contributed by atoms with Gasteiger partial charge in [-0.3, -0.25) is 5.43 Å². The predicted octanol–water partition coefficient (Wildman–Crippen LogP) is 1.25. The second-order valence-corrected chi connectivity index (χ2v) is 4.89. The zero-order valence-electron chi connectivity index (χ0n) is 12.0. The summed E-state index contributed by atoms with van der Waals surface area (Å²) in [7, 11) is 0. The van der Waals surface area contributed by atoms with Crippen LogP contribution in [0.15, 0.2) is 12.3 Å². The molecule has 0 unspecified atom stereocenters. The summed E-state index contributed by atoms with van der Waals surface area (Å²) in [6, 6.07) is 2.13. The van der Waals surface area contributed by atoms with Gasteiger partial charge in [0, 0.05) is 6.20 Å². The van der Waals surface area contributed by atoms with Crippen LogP contribution in [0.1, 0.15) is 39.3 Å². The molecule has 2 aromatic heterocycles. The van der Waals surface area contributed by atoms with Crippen molar-refractivity contribution in [2.24, 2.45) is 5.84 Å². The molecule has 3 N–H and O–H groups in total. The Morgan fingerprint density at radius 1 is 1.20 bits per heavy atom. The van der Waals surface area contributed by atoms with Crippen molar-refractivity contribution >= 4 is 5.95 Å². The highest BCUT2D eigenvalue weighted by Crippen LogP contribution is 2.15. The first-order valence-electron chi connectivity index (χ1n) is 6.45. The third-order valence-electron chi connectivity index (χ3n) is 2.48. The van der Waals surface area contributed by atoms with Gasteiger partial charge in [-0.1, -0.05) is 13.8 Å². The largest absolute Gasteiger partial charge is 0.461 e. The Kier molecular flexibility index (Phi) is 4.14. The fourth-order valence-corrected chi connectivity index (χ4v) is 1.53. The maximum absolute atomic E-state index is 5.47. The molecule has 8 heteroatoms. The molecule has 0 atom stereocenters. The first-order valence-corrected chi connectivity index (χ1v) is 6.45. The van der Waals surface area contributed by atoms with Gasteiger partial charge in [-0.05, 0) is 25.8 Å². The number of hydrogen-bond acceptors (Lipinski definition) is 7. The quantitative estimate of drug-likeness (QED) is 0.626. The molecule has 0 aliphatic rings. The van der Waals surface area contributed by atoms with Crippen LogP contribution in [-0.4, -0.2) is 30.8 Å². The maximum Gasteiger partial charge on any atom is 0.323 e. The van der Waals surface area contributed by atoms with Crippen LogP contribution in [0.4, 0.5) is 5.95 Å². The van der Waals surface area contributed by atoms with Crippen LogP contribution < -0.4 is 16.0 Å². The Balaban J connectivity index is 2.38. The Morgan fingerprint density at radius 3 is 2.50 bits per heavy atom. The molecular weight excluding hydrogens is 258 g/mol. The van der Waals surface area contributed by atoms with Gasteiger partial charge in [0.05, 0.1) is 11.8 Å². The van der Waals surface area contributed by atoms with Gasteiger partial charge in [-0.25, -0.2) is 10.5 Å². The fourth-order valence-electron chi connectivity index (χ4n) is 1.53. The minimum Gasteiger partial charge on any atom is -0.461 e. The molecule has 2 aromatic rings. The predicted molar refractivity (Wildman–Crippen MR) is 74.6 cm³/mol. The van der Waals surface area contributed by atoms with Crippen LogP contribution in [0.2, 0.25) is 0 Å². The number of nitrogens with one attached hydrogen (secondary N) is 1. The lowest BCUT2D eigenvalue weighted by atomic mass is 10.1. The summed E-state index contributed by atoms with van der Waals surface area (Å²) in [5, 5.41) is 4.42. The van der Waals surface area contributed by atoms with Crippen molar-refractivity contribution < 1.29 is 4.74 Å². The second-order valence-electron chi connectivity index (χ2n) is 4.89. The molecule has 0 aliphatic heterocycles. The van der Waals surface area contributed by atoms with E-state index in [1.807, 2.05) is 19.9 Å². The van der Waals surface area contributed by atoms with Gasteiger partial charge < -0.3 is 4.74 Å². The Hall–Kier alpha value is -2.22. The Bertz CT molecular complexity index is 579. The van der Waals surface area contributed by atoms with E-state index < -0.39 is 0 Å². The van der Waals surface area contributed by atoms with Crippen LogP contribution in [0.5, 0.6) is 6.01 Å². The number of aromatic nitrogens is 5. The van der Waals surface area contributed by atoms with E-state index in [0.717, 1.165) is 5.69 Å². The number of nitrogens with zero attached hydrogens (tertiary/aromatic N) is 5. The van der Waals surface area contributed by atoms with Crippen LogP contribution in [-0.2, 0) is 0 Å². The summed E-state index contributed by atoms with van der Waals surface area (Å²) in [6.45, 7) is 7.92. The molecule has 2 heterocycles. The van der Waals surface area contributed by atoms with Gasteiger partial charge >= 0.3 is 6.01 Å². The maximum atomic E-state index is 5.47. The SMILES string of the molecule is CC(C)Oc1nc(NN)nc(-n2ccc(C(C)C)n2)n1. The third-order valence-corrected chi connectivity index (χ3v) is 2.48. The summed E-state index contributed by atoms with van der Waals surface area (Å²) < 4.78 is 7.05. The number of nitrogen functional groups attached to an aromatic ring is 1. The lowest BCUT2D eigenvalue weighted by Gasteiger charge is -2.10. The van der Waals surface area contributed by atoms with Crippen molar-refractivity contribution in [2.45, 2.75) is 39.7 Å². The summed E-state index contributed by atoms with van der Waals surface area (Å²) in [6.07, 6.45) is 1.75. The molecule has 108 valence electrons. The lowest BCUT2D eigenvalue weighted by molar-refractivity contribution is 0.221. The standard InChI is InChI=1S/C12H19N7O/c1-7(2)9-5-6-19(18-9)11-14-10(17-13)15-12(16-11)20-8(3)4/h5-8H,13H2,1-4H3,(H,14,15,16,17). The number of ether oxygens (including phenoxy) is 1. The first kappa shape index (κ1) is 14.2. The van der Waals surface area contributed by atoms with Crippen molar-refractivity contribution in [3.8, 4) is 12.0 Å². The summed E-state index contributed by atoms with van der Waals surface area (Å²) >= 11 is 0. The normalized spacial score (nSPS) is 11.2.